The van der Waals surface area contributed by atoms with Crippen molar-refractivity contribution in [1.29, 1.82) is 0 Å². The molecule has 0 amide bonds. The highest BCUT2D eigenvalue weighted by Crippen LogP contribution is 2.69. The van der Waals surface area contributed by atoms with Crippen molar-refractivity contribution in [1.82, 2.24) is 4.90 Å². The Bertz CT molecular complexity index is 1270. The first-order valence-electron chi connectivity index (χ1n) is 14.5. The van der Waals surface area contributed by atoms with Gasteiger partial charge >= 0.3 is 0 Å². The number of nitrogens with zero attached hydrogens (tertiary/aromatic N) is 1. The summed E-state index contributed by atoms with van der Waals surface area (Å²) in [6.07, 6.45) is 15.1. The summed E-state index contributed by atoms with van der Waals surface area (Å²) in [7, 11) is 0. The molecule has 2 aromatic rings. The molecule has 3 aliphatic carbocycles. The third kappa shape index (κ3) is 2.97. The van der Waals surface area contributed by atoms with E-state index in [2.05, 4.69) is 66.4 Å². The van der Waals surface area contributed by atoms with Crippen LogP contribution in [0.1, 0.15) is 69.8 Å². The van der Waals surface area contributed by atoms with Crippen LogP contribution in [0.15, 0.2) is 65.8 Å². The first kappa shape index (κ1) is 22.1. The van der Waals surface area contributed by atoms with Gasteiger partial charge < -0.3 is 9.47 Å². The van der Waals surface area contributed by atoms with E-state index in [1.165, 1.54) is 73.3 Å². The Balaban J connectivity index is 1.13. The molecule has 1 unspecified atom stereocenters. The fourth-order valence-electron chi connectivity index (χ4n) is 9.61. The molecule has 6 aliphatic rings. The van der Waals surface area contributed by atoms with Gasteiger partial charge in [0.05, 0.1) is 24.4 Å². The van der Waals surface area contributed by atoms with Gasteiger partial charge in [0.1, 0.15) is 0 Å². The minimum absolute atomic E-state index is 0.0160. The molecule has 36 heavy (non-hydrogen) atoms. The second kappa shape index (κ2) is 7.79. The molecule has 0 N–H and O–H groups in total. The second-order valence-electron chi connectivity index (χ2n) is 12.9. The first-order valence-corrected chi connectivity index (χ1v) is 14.5. The standard InChI is InChI=1S/C33H39NO2/c1-31-13-12-27-21-26-8-9-28(34-16-18-35-19-17-34)22-32(26)14-15-33(27,36-32)30(31)11-10-29(31)25-7-6-23-4-2-3-5-24(23)20-25/h2-7,12,20-21,28-30H,8-11,13-19,22H2,1H3/t28-,29+,30+,31+,32?,33+/m0/s1. The van der Waals surface area contributed by atoms with Crippen LogP contribution in [0, 0.1) is 11.3 Å². The largest absolute Gasteiger partial charge is 0.379 e. The highest BCUT2D eigenvalue weighted by atomic mass is 16.5. The highest BCUT2D eigenvalue weighted by molar-refractivity contribution is 5.83. The fraction of sp³-hybridized carbons (Fsp3) is 0.576. The lowest BCUT2D eigenvalue weighted by Crippen LogP contribution is -2.56. The number of ether oxygens (including phenoxy) is 2. The van der Waals surface area contributed by atoms with E-state index in [1.807, 2.05) is 0 Å². The number of hydrogen-bond donors (Lipinski definition) is 0. The summed E-state index contributed by atoms with van der Waals surface area (Å²) in [5.74, 6) is 1.22. The number of hydrogen-bond acceptors (Lipinski definition) is 3. The van der Waals surface area contributed by atoms with E-state index >= 15 is 0 Å². The van der Waals surface area contributed by atoms with Gasteiger partial charge in [-0.05, 0) is 96.1 Å². The molecule has 188 valence electrons. The molecule has 6 atom stereocenters. The summed E-state index contributed by atoms with van der Waals surface area (Å²) in [5, 5.41) is 2.73. The number of rotatable bonds is 2. The van der Waals surface area contributed by atoms with E-state index in [4.69, 9.17) is 9.47 Å². The van der Waals surface area contributed by atoms with E-state index in [0.717, 1.165) is 26.3 Å². The molecule has 0 aromatic heterocycles. The predicted octanol–water partition coefficient (Wildman–Crippen LogP) is 6.78. The van der Waals surface area contributed by atoms with Crippen molar-refractivity contribution >= 4 is 10.8 Å². The summed E-state index contributed by atoms with van der Waals surface area (Å²) < 4.78 is 13.2. The molecule has 3 nitrogen and oxygen atoms in total. The lowest BCUT2D eigenvalue weighted by Gasteiger charge is -2.55. The van der Waals surface area contributed by atoms with E-state index in [0.29, 0.717) is 17.9 Å². The Hall–Kier alpha value is -1.94. The van der Waals surface area contributed by atoms with E-state index in [-0.39, 0.29) is 16.6 Å². The number of benzene rings is 2. The topological polar surface area (TPSA) is 21.7 Å². The van der Waals surface area contributed by atoms with Crippen LogP contribution < -0.4 is 0 Å². The molecule has 2 spiro atoms. The van der Waals surface area contributed by atoms with Crippen molar-refractivity contribution in [2.75, 3.05) is 26.3 Å². The van der Waals surface area contributed by atoms with Crippen LogP contribution in [0.2, 0.25) is 0 Å². The van der Waals surface area contributed by atoms with Gasteiger partial charge in [-0.15, -0.1) is 0 Å². The lowest BCUT2D eigenvalue weighted by molar-refractivity contribution is -0.143. The van der Waals surface area contributed by atoms with Crippen molar-refractivity contribution in [3.05, 3.63) is 71.3 Å². The highest BCUT2D eigenvalue weighted by Gasteiger charge is 2.66. The Labute approximate surface area is 215 Å². The average molecular weight is 482 g/mol. The molecular formula is C33H39NO2. The zero-order valence-corrected chi connectivity index (χ0v) is 21.7. The first-order chi connectivity index (χ1) is 17.6. The SMILES string of the molecule is C[C@]12CC=C3C=C4CC[C@H](N5CCOCC5)CC45CC[C@]3(O5)[C@@H]1CC[C@@H]2c1ccc2ccccc2c1. The second-order valence-corrected chi connectivity index (χ2v) is 12.9. The van der Waals surface area contributed by atoms with Crippen molar-refractivity contribution in [3.63, 3.8) is 0 Å². The maximum absolute atomic E-state index is 7.54. The minimum atomic E-state index is -0.0605. The molecule has 3 heteroatoms. The van der Waals surface area contributed by atoms with Crippen LogP contribution >= 0.6 is 0 Å². The lowest BCUT2D eigenvalue weighted by atomic mass is 9.58. The Morgan fingerprint density at radius 1 is 0.944 bits per heavy atom. The molecule has 2 saturated carbocycles. The molecule has 2 aromatic carbocycles. The minimum Gasteiger partial charge on any atom is -0.379 e. The van der Waals surface area contributed by atoms with Gasteiger partial charge in [-0.1, -0.05) is 61.5 Å². The maximum Gasteiger partial charge on any atom is 0.0974 e. The Morgan fingerprint density at radius 2 is 1.81 bits per heavy atom. The quantitative estimate of drug-likeness (QED) is 0.472. The van der Waals surface area contributed by atoms with E-state index < -0.39 is 0 Å². The normalized spacial score (nSPS) is 41.9. The van der Waals surface area contributed by atoms with Crippen molar-refractivity contribution in [2.24, 2.45) is 11.3 Å². The van der Waals surface area contributed by atoms with E-state index in [1.54, 1.807) is 5.57 Å². The summed E-state index contributed by atoms with van der Waals surface area (Å²) in [6, 6.07) is 16.7. The maximum atomic E-state index is 7.54. The van der Waals surface area contributed by atoms with Gasteiger partial charge in [-0.2, -0.15) is 0 Å². The molecule has 3 heterocycles. The van der Waals surface area contributed by atoms with Crippen LogP contribution in [0.3, 0.4) is 0 Å². The van der Waals surface area contributed by atoms with Gasteiger partial charge in [-0.3, -0.25) is 4.90 Å². The van der Waals surface area contributed by atoms with Gasteiger partial charge in [-0.25, -0.2) is 0 Å². The smallest absolute Gasteiger partial charge is 0.0974 e. The fourth-order valence-corrected chi connectivity index (χ4v) is 9.61. The van der Waals surface area contributed by atoms with Crippen molar-refractivity contribution in [2.45, 2.75) is 81.5 Å². The van der Waals surface area contributed by atoms with Crippen molar-refractivity contribution in [3.8, 4) is 0 Å². The van der Waals surface area contributed by atoms with Gasteiger partial charge in [0.25, 0.3) is 0 Å². The summed E-state index contributed by atoms with van der Waals surface area (Å²) >= 11 is 0. The average Bonchev–Trinajstić information content (AvgIpc) is 3.43. The van der Waals surface area contributed by atoms with Gasteiger partial charge in [0, 0.05) is 19.1 Å². The van der Waals surface area contributed by atoms with Gasteiger partial charge in [0.15, 0.2) is 0 Å². The molecule has 0 radical (unpaired) electrons. The molecule has 3 aliphatic heterocycles. The molecule has 4 fully saturated rings. The number of allylic oxidation sites excluding steroid dienone is 1. The van der Waals surface area contributed by atoms with Crippen LogP contribution in [-0.4, -0.2) is 48.4 Å². The summed E-state index contributed by atoms with van der Waals surface area (Å²) in [5.41, 5.74) is 4.88. The van der Waals surface area contributed by atoms with Crippen LogP contribution in [0.4, 0.5) is 0 Å². The number of fused-ring (bicyclic) bond motifs is 2. The van der Waals surface area contributed by atoms with Gasteiger partial charge in [0.2, 0.25) is 0 Å². The predicted molar refractivity (Wildman–Crippen MR) is 144 cm³/mol. The zero-order valence-electron chi connectivity index (χ0n) is 21.7. The number of morpholine rings is 1. The molecular weight excluding hydrogens is 442 g/mol. The third-order valence-electron chi connectivity index (χ3n) is 11.4. The van der Waals surface area contributed by atoms with E-state index in [9.17, 15) is 0 Å². The molecule has 2 bridgehead atoms. The summed E-state index contributed by atoms with van der Waals surface area (Å²) in [4.78, 5) is 2.70. The zero-order chi connectivity index (χ0) is 24.0. The summed E-state index contributed by atoms with van der Waals surface area (Å²) in [6.45, 7) is 6.55. The van der Waals surface area contributed by atoms with Crippen LogP contribution in [-0.2, 0) is 9.47 Å². The van der Waals surface area contributed by atoms with Crippen molar-refractivity contribution < 1.29 is 9.47 Å². The third-order valence-corrected chi connectivity index (χ3v) is 11.4. The Kier molecular flexibility index (Phi) is 4.78. The van der Waals surface area contributed by atoms with Crippen LogP contribution in [0.25, 0.3) is 10.8 Å². The molecule has 2 saturated heterocycles. The Morgan fingerprint density at radius 3 is 2.69 bits per heavy atom. The molecule has 8 rings (SSSR count). The van der Waals surface area contributed by atoms with Crippen LogP contribution in [0.5, 0.6) is 0 Å². The monoisotopic (exact) mass is 481 g/mol.